The van der Waals surface area contributed by atoms with Gasteiger partial charge in [-0.2, -0.15) is 0 Å². The van der Waals surface area contributed by atoms with E-state index in [0.717, 1.165) is 37.1 Å². The van der Waals surface area contributed by atoms with Crippen LogP contribution in [-0.4, -0.2) is 31.0 Å². The first-order valence-electron chi connectivity index (χ1n) is 6.66. The number of ether oxygens (including phenoxy) is 1. The van der Waals surface area contributed by atoms with Crippen molar-refractivity contribution in [2.24, 2.45) is 0 Å². The van der Waals surface area contributed by atoms with Gasteiger partial charge in [-0.3, -0.25) is 0 Å². The molecule has 0 N–H and O–H groups in total. The Bertz CT molecular complexity index is 454. The van der Waals surface area contributed by atoms with E-state index in [1.54, 1.807) is 0 Å². The lowest BCUT2D eigenvalue weighted by atomic mass is 9.94. The fraction of sp³-hybridized carbons (Fsp3) is 0.533. The minimum absolute atomic E-state index is 0.170. The van der Waals surface area contributed by atoms with E-state index in [-0.39, 0.29) is 5.97 Å². The van der Waals surface area contributed by atoms with E-state index in [1.807, 2.05) is 6.07 Å². The van der Waals surface area contributed by atoms with Gasteiger partial charge in [-0.1, -0.05) is 19.9 Å². The molecule has 0 radical (unpaired) electrons. The fourth-order valence-corrected chi connectivity index (χ4v) is 2.46. The van der Waals surface area contributed by atoms with Gasteiger partial charge in [0.1, 0.15) is 6.61 Å². The second kappa shape index (κ2) is 5.53. The van der Waals surface area contributed by atoms with Crippen LogP contribution in [0.2, 0.25) is 0 Å². The van der Waals surface area contributed by atoms with Crippen molar-refractivity contribution in [3.05, 3.63) is 34.4 Å². The highest BCUT2D eigenvalue weighted by Crippen LogP contribution is 2.27. The quantitative estimate of drug-likeness (QED) is 0.748. The molecule has 1 aliphatic heterocycles. The summed E-state index contributed by atoms with van der Waals surface area (Å²) in [6, 6.07) is 4.01. The molecule has 0 atom stereocenters. The van der Waals surface area contributed by atoms with Crippen molar-refractivity contribution in [2.75, 3.05) is 20.1 Å². The number of hydrogen-bond donors (Lipinski definition) is 0. The Morgan fingerprint density at radius 1 is 1.33 bits per heavy atom. The molecule has 3 heteroatoms. The SMILES string of the molecule is CCc1c(CCN(C)CC)ccc2c1COC2=O. The Labute approximate surface area is 109 Å². The summed E-state index contributed by atoms with van der Waals surface area (Å²) in [6.07, 6.45) is 2.00. The molecule has 0 aliphatic carbocycles. The van der Waals surface area contributed by atoms with Crippen LogP contribution in [0.4, 0.5) is 0 Å². The van der Waals surface area contributed by atoms with E-state index < -0.39 is 0 Å². The minimum Gasteiger partial charge on any atom is -0.457 e. The molecule has 1 aliphatic rings. The van der Waals surface area contributed by atoms with Crippen LogP contribution in [-0.2, 0) is 24.2 Å². The van der Waals surface area contributed by atoms with E-state index in [9.17, 15) is 4.79 Å². The lowest BCUT2D eigenvalue weighted by Crippen LogP contribution is -2.21. The predicted molar refractivity (Wildman–Crippen MR) is 71.8 cm³/mol. The van der Waals surface area contributed by atoms with Crippen LogP contribution < -0.4 is 0 Å². The lowest BCUT2D eigenvalue weighted by molar-refractivity contribution is 0.0535. The average Bonchev–Trinajstić information content (AvgIpc) is 2.77. The number of esters is 1. The molecule has 0 bridgehead atoms. The molecule has 0 saturated carbocycles. The third kappa shape index (κ3) is 2.41. The summed E-state index contributed by atoms with van der Waals surface area (Å²) in [5.74, 6) is -0.170. The molecule has 0 spiro atoms. The van der Waals surface area contributed by atoms with Gasteiger partial charge in [0.15, 0.2) is 0 Å². The summed E-state index contributed by atoms with van der Waals surface area (Å²) in [6.45, 7) is 6.88. The van der Waals surface area contributed by atoms with E-state index in [4.69, 9.17) is 4.74 Å². The summed E-state index contributed by atoms with van der Waals surface area (Å²) in [7, 11) is 2.13. The molecule has 0 saturated heterocycles. The van der Waals surface area contributed by atoms with Gasteiger partial charge >= 0.3 is 5.97 Å². The molecule has 1 aromatic carbocycles. The summed E-state index contributed by atoms with van der Waals surface area (Å²) in [5, 5.41) is 0. The van der Waals surface area contributed by atoms with Crippen molar-refractivity contribution in [1.82, 2.24) is 4.90 Å². The molecule has 0 amide bonds. The summed E-state index contributed by atoms with van der Waals surface area (Å²) in [5.41, 5.74) is 4.54. The van der Waals surface area contributed by atoms with Gasteiger partial charge in [-0.25, -0.2) is 4.79 Å². The van der Waals surface area contributed by atoms with Crippen molar-refractivity contribution in [3.63, 3.8) is 0 Å². The van der Waals surface area contributed by atoms with Crippen molar-refractivity contribution in [1.29, 1.82) is 0 Å². The molecule has 0 unspecified atom stereocenters. The maximum Gasteiger partial charge on any atom is 0.338 e. The first-order valence-corrected chi connectivity index (χ1v) is 6.66. The normalized spacial score (nSPS) is 13.9. The van der Waals surface area contributed by atoms with Crippen LogP contribution in [0, 0.1) is 0 Å². The Kier molecular flexibility index (Phi) is 4.02. The molecule has 1 heterocycles. The molecule has 3 nitrogen and oxygen atoms in total. The highest BCUT2D eigenvalue weighted by molar-refractivity contribution is 5.94. The minimum atomic E-state index is -0.170. The third-order valence-corrected chi connectivity index (χ3v) is 3.75. The number of nitrogens with zero attached hydrogens (tertiary/aromatic N) is 1. The van der Waals surface area contributed by atoms with E-state index in [0.29, 0.717) is 6.61 Å². The third-order valence-electron chi connectivity index (χ3n) is 3.75. The van der Waals surface area contributed by atoms with E-state index in [2.05, 4.69) is 31.9 Å². The van der Waals surface area contributed by atoms with E-state index in [1.165, 1.54) is 11.1 Å². The second-order valence-corrected chi connectivity index (χ2v) is 4.80. The highest BCUT2D eigenvalue weighted by Gasteiger charge is 2.24. The van der Waals surface area contributed by atoms with Gasteiger partial charge in [0.2, 0.25) is 0 Å². The zero-order valence-electron chi connectivity index (χ0n) is 11.5. The number of rotatable bonds is 5. The second-order valence-electron chi connectivity index (χ2n) is 4.80. The van der Waals surface area contributed by atoms with Gasteiger partial charge in [-0.15, -0.1) is 0 Å². The smallest absolute Gasteiger partial charge is 0.338 e. The summed E-state index contributed by atoms with van der Waals surface area (Å²) >= 11 is 0. The topological polar surface area (TPSA) is 29.5 Å². The Morgan fingerprint density at radius 3 is 2.78 bits per heavy atom. The maximum atomic E-state index is 11.5. The number of hydrogen-bond acceptors (Lipinski definition) is 3. The first-order chi connectivity index (χ1) is 8.67. The molecule has 18 heavy (non-hydrogen) atoms. The van der Waals surface area contributed by atoms with Gasteiger partial charge < -0.3 is 9.64 Å². The number of likely N-dealkylation sites (N-methyl/N-ethyl adjacent to an activating group) is 1. The summed E-state index contributed by atoms with van der Waals surface area (Å²) < 4.78 is 5.12. The first kappa shape index (κ1) is 13.1. The Balaban J connectivity index is 2.24. The number of carbonyl (C=O) groups is 1. The predicted octanol–water partition coefficient (Wildman–Crippen LogP) is 2.41. The molecular formula is C15H21NO2. The zero-order chi connectivity index (χ0) is 13.1. The van der Waals surface area contributed by atoms with Crippen molar-refractivity contribution >= 4 is 5.97 Å². The number of fused-ring (bicyclic) bond motifs is 1. The lowest BCUT2D eigenvalue weighted by Gasteiger charge is -2.16. The number of carbonyl (C=O) groups excluding carboxylic acids is 1. The van der Waals surface area contributed by atoms with Crippen molar-refractivity contribution in [3.8, 4) is 0 Å². The molecular weight excluding hydrogens is 226 g/mol. The summed E-state index contributed by atoms with van der Waals surface area (Å²) in [4.78, 5) is 13.8. The number of benzene rings is 1. The van der Waals surface area contributed by atoms with Crippen LogP contribution in [0.3, 0.4) is 0 Å². The van der Waals surface area contributed by atoms with Gasteiger partial charge in [0, 0.05) is 12.1 Å². The van der Waals surface area contributed by atoms with Gasteiger partial charge in [0.05, 0.1) is 5.56 Å². The fourth-order valence-electron chi connectivity index (χ4n) is 2.46. The van der Waals surface area contributed by atoms with Crippen LogP contribution in [0.15, 0.2) is 12.1 Å². The highest BCUT2D eigenvalue weighted by atomic mass is 16.5. The zero-order valence-corrected chi connectivity index (χ0v) is 11.5. The van der Waals surface area contributed by atoms with Gasteiger partial charge in [-0.05, 0) is 43.6 Å². The van der Waals surface area contributed by atoms with Crippen molar-refractivity contribution < 1.29 is 9.53 Å². The molecule has 0 aromatic heterocycles. The Morgan fingerprint density at radius 2 is 2.11 bits per heavy atom. The number of cyclic esters (lactones) is 1. The van der Waals surface area contributed by atoms with Crippen LogP contribution >= 0.6 is 0 Å². The van der Waals surface area contributed by atoms with Gasteiger partial charge in [0.25, 0.3) is 0 Å². The van der Waals surface area contributed by atoms with Crippen molar-refractivity contribution in [2.45, 2.75) is 33.3 Å². The Hall–Kier alpha value is -1.35. The maximum absolute atomic E-state index is 11.5. The standard InChI is InChI=1S/C15H21NO2/c1-4-12-11(8-9-16(3)5-2)6-7-13-14(12)10-18-15(13)17/h6-7H,4-5,8-10H2,1-3H3. The van der Waals surface area contributed by atoms with Crippen LogP contribution in [0.25, 0.3) is 0 Å². The largest absolute Gasteiger partial charge is 0.457 e. The molecule has 98 valence electrons. The van der Waals surface area contributed by atoms with E-state index >= 15 is 0 Å². The van der Waals surface area contributed by atoms with Crippen LogP contribution in [0.5, 0.6) is 0 Å². The molecule has 2 rings (SSSR count). The van der Waals surface area contributed by atoms with Crippen LogP contribution in [0.1, 0.15) is 40.9 Å². The monoisotopic (exact) mass is 247 g/mol. The molecule has 1 aromatic rings. The average molecular weight is 247 g/mol. The molecule has 0 fully saturated rings.